The molecular weight excluding hydrogens is 368 g/mol. The summed E-state index contributed by atoms with van der Waals surface area (Å²) in [6.45, 7) is 5.75. The van der Waals surface area contributed by atoms with E-state index in [4.69, 9.17) is 0 Å². The van der Waals surface area contributed by atoms with E-state index in [0.717, 1.165) is 22.4 Å². The van der Waals surface area contributed by atoms with Gasteiger partial charge in [0, 0.05) is 18.1 Å². The van der Waals surface area contributed by atoms with Gasteiger partial charge in [-0.05, 0) is 44.0 Å². The first-order chi connectivity index (χ1) is 13.8. The second kappa shape index (κ2) is 8.26. The highest BCUT2D eigenvalue weighted by molar-refractivity contribution is 5.95. The summed E-state index contributed by atoms with van der Waals surface area (Å²) in [5.41, 5.74) is 4.25. The minimum absolute atomic E-state index is 0.0623. The van der Waals surface area contributed by atoms with Gasteiger partial charge in [0.25, 0.3) is 0 Å². The normalized spacial score (nSPS) is 10.8. The van der Waals surface area contributed by atoms with Gasteiger partial charge in [-0.25, -0.2) is 0 Å². The van der Waals surface area contributed by atoms with E-state index in [2.05, 4.69) is 10.4 Å². The predicted octanol–water partition coefficient (Wildman–Crippen LogP) is 2.42. The van der Waals surface area contributed by atoms with Crippen LogP contribution in [-0.2, 0) is 16.1 Å². The molecule has 0 radical (unpaired) electrons. The molecule has 29 heavy (non-hydrogen) atoms. The third kappa shape index (κ3) is 4.51. The van der Waals surface area contributed by atoms with Crippen LogP contribution in [0.3, 0.4) is 0 Å². The van der Waals surface area contributed by atoms with Gasteiger partial charge in [0.2, 0.25) is 17.2 Å². The molecule has 1 N–H and O–H groups in total. The summed E-state index contributed by atoms with van der Waals surface area (Å²) in [6.07, 6.45) is 1.20. The number of nitrogens with zero attached hydrogens (tertiary/aromatic N) is 3. The first-order valence-electron chi connectivity index (χ1n) is 9.33. The number of likely N-dealkylation sites (N-methyl/N-ethyl adjacent to an activating group) is 1. The lowest BCUT2D eigenvalue weighted by molar-refractivity contribution is -0.133. The maximum atomic E-state index is 12.6. The van der Waals surface area contributed by atoms with E-state index in [-0.39, 0.29) is 30.3 Å². The highest BCUT2D eigenvalue weighted by atomic mass is 16.2. The number of rotatable bonds is 5. The number of aryl methyl sites for hydroxylation is 3. The predicted molar refractivity (Wildman–Crippen MR) is 113 cm³/mol. The molecule has 150 valence electrons. The van der Waals surface area contributed by atoms with Crippen LogP contribution < -0.4 is 10.7 Å². The number of hydrogen-bond acceptors (Lipinski definition) is 4. The zero-order valence-electron chi connectivity index (χ0n) is 17.0. The molecule has 0 aliphatic heterocycles. The number of amides is 2. The average Bonchev–Trinajstić information content (AvgIpc) is 2.67. The van der Waals surface area contributed by atoms with Crippen LogP contribution in [-0.4, -0.2) is 40.1 Å². The van der Waals surface area contributed by atoms with Crippen LogP contribution in [0.5, 0.6) is 0 Å². The van der Waals surface area contributed by atoms with Gasteiger partial charge >= 0.3 is 0 Å². The van der Waals surface area contributed by atoms with Crippen molar-refractivity contribution in [3.8, 4) is 0 Å². The summed E-state index contributed by atoms with van der Waals surface area (Å²) in [7, 11) is 1.57. The Kier molecular flexibility index (Phi) is 5.77. The fourth-order valence-electron chi connectivity index (χ4n) is 3.40. The van der Waals surface area contributed by atoms with E-state index < -0.39 is 0 Å². The van der Waals surface area contributed by atoms with E-state index in [0.29, 0.717) is 10.9 Å². The SMILES string of the molecule is Cc1cc(C)c(NC(=O)CN(C)C(=O)Cn2ncc(=O)c3ccccc32)c(C)c1. The minimum atomic E-state index is -0.279. The van der Waals surface area contributed by atoms with Crippen molar-refractivity contribution in [3.63, 3.8) is 0 Å². The number of nitrogens with one attached hydrogen (secondary N) is 1. The number of para-hydroxylation sites is 1. The van der Waals surface area contributed by atoms with Crippen molar-refractivity contribution in [1.82, 2.24) is 14.7 Å². The van der Waals surface area contributed by atoms with Crippen molar-refractivity contribution in [1.29, 1.82) is 0 Å². The summed E-state index contributed by atoms with van der Waals surface area (Å²) in [4.78, 5) is 38.3. The molecule has 0 saturated carbocycles. The second-order valence-corrected chi connectivity index (χ2v) is 7.26. The van der Waals surface area contributed by atoms with Crippen LogP contribution in [0.15, 0.2) is 47.4 Å². The average molecular weight is 392 g/mol. The van der Waals surface area contributed by atoms with Gasteiger partial charge in [-0.15, -0.1) is 0 Å². The number of benzene rings is 2. The Morgan fingerprint density at radius 1 is 1.10 bits per heavy atom. The molecule has 0 saturated heterocycles. The topological polar surface area (TPSA) is 84.3 Å². The lowest BCUT2D eigenvalue weighted by atomic mass is 10.1. The number of carbonyl (C=O) groups is 2. The van der Waals surface area contributed by atoms with Crippen molar-refractivity contribution in [2.24, 2.45) is 0 Å². The van der Waals surface area contributed by atoms with E-state index >= 15 is 0 Å². The van der Waals surface area contributed by atoms with E-state index in [1.54, 1.807) is 31.3 Å². The van der Waals surface area contributed by atoms with Gasteiger partial charge < -0.3 is 10.2 Å². The van der Waals surface area contributed by atoms with Crippen LogP contribution in [0.1, 0.15) is 16.7 Å². The molecule has 1 aromatic heterocycles. The molecule has 7 heteroatoms. The molecule has 0 atom stereocenters. The fraction of sp³-hybridized carbons (Fsp3) is 0.273. The van der Waals surface area contributed by atoms with Gasteiger partial charge in [0.05, 0.1) is 18.3 Å². The Morgan fingerprint density at radius 3 is 2.45 bits per heavy atom. The Labute approximate surface area is 169 Å². The fourth-order valence-corrected chi connectivity index (χ4v) is 3.40. The molecule has 7 nitrogen and oxygen atoms in total. The largest absolute Gasteiger partial charge is 0.335 e. The van der Waals surface area contributed by atoms with Crippen molar-refractivity contribution in [3.05, 3.63) is 69.5 Å². The molecule has 3 rings (SSSR count). The standard InChI is InChI=1S/C22H24N4O3/c1-14-9-15(2)22(16(3)10-14)24-20(28)12-25(4)21(29)13-26-18-8-6-5-7-17(18)19(27)11-23-26/h5-11H,12-13H2,1-4H3,(H,24,28). The second-order valence-electron chi connectivity index (χ2n) is 7.26. The molecule has 0 unspecified atom stereocenters. The zero-order valence-corrected chi connectivity index (χ0v) is 17.0. The van der Waals surface area contributed by atoms with Crippen LogP contribution in [0.4, 0.5) is 5.69 Å². The van der Waals surface area contributed by atoms with Crippen molar-refractivity contribution in [2.45, 2.75) is 27.3 Å². The molecule has 1 heterocycles. The van der Waals surface area contributed by atoms with Crippen molar-refractivity contribution in [2.75, 3.05) is 18.9 Å². The molecule has 0 spiro atoms. The first kappa shape index (κ1) is 20.3. The van der Waals surface area contributed by atoms with Gasteiger partial charge in [-0.2, -0.15) is 5.10 Å². The number of hydrogen-bond donors (Lipinski definition) is 1. The maximum absolute atomic E-state index is 12.6. The van der Waals surface area contributed by atoms with E-state index in [9.17, 15) is 14.4 Å². The molecular formula is C22H24N4O3. The third-order valence-corrected chi connectivity index (χ3v) is 4.79. The molecule has 2 aromatic carbocycles. The Balaban J connectivity index is 1.69. The highest BCUT2D eigenvalue weighted by Crippen LogP contribution is 2.21. The van der Waals surface area contributed by atoms with Crippen molar-refractivity contribution >= 4 is 28.4 Å². The first-order valence-corrected chi connectivity index (χ1v) is 9.33. The number of anilines is 1. The maximum Gasteiger partial charge on any atom is 0.244 e. The lowest BCUT2D eigenvalue weighted by Gasteiger charge is -2.19. The van der Waals surface area contributed by atoms with Crippen LogP contribution in [0, 0.1) is 20.8 Å². The molecule has 0 aliphatic carbocycles. The van der Waals surface area contributed by atoms with Gasteiger partial charge in [-0.1, -0.05) is 29.8 Å². The monoisotopic (exact) mass is 392 g/mol. The van der Waals surface area contributed by atoms with Gasteiger partial charge in [-0.3, -0.25) is 19.1 Å². The van der Waals surface area contributed by atoms with Crippen LogP contribution in [0.25, 0.3) is 10.9 Å². The minimum Gasteiger partial charge on any atom is -0.335 e. The van der Waals surface area contributed by atoms with E-state index in [1.807, 2.05) is 32.9 Å². The molecule has 0 aliphatic rings. The number of carbonyl (C=O) groups excluding carboxylic acids is 2. The van der Waals surface area contributed by atoms with Gasteiger partial charge in [0.1, 0.15) is 6.54 Å². The summed E-state index contributed by atoms with van der Waals surface area (Å²) >= 11 is 0. The van der Waals surface area contributed by atoms with Crippen LogP contribution in [0.2, 0.25) is 0 Å². The van der Waals surface area contributed by atoms with Crippen molar-refractivity contribution < 1.29 is 9.59 Å². The number of fused-ring (bicyclic) bond motifs is 1. The Hall–Kier alpha value is -3.48. The Bertz CT molecular complexity index is 1130. The van der Waals surface area contributed by atoms with Crippen LogP contribution >= 0.6 is 0 Å². The summed E-state index contributed by atoms with van der Waals surface area (Å²) in [5, 5.41) is 7.46. The summed E-state index contributed by atoms with van der Waals surface area (Å²) in [6, 6.07) is 11.0. The molecule has 3 aromatic rings. The highest BCUT2D eigenvalue weighted by Gasteiger charge is 2.16. The quantitative estimate of drug-likeness (QED) is 0.723. The third-order valence-electron chi connectivity index (χ3n) is 4.79. The molecule has 0 fully saturated rings. The number of aromatic nitrogens is 2. The molecule has 0 bridgehead atoms. The Morgan fingerprint density at radius 2 is 1.76 bits per heavy atom. The smallest absolute Gasteiger partial charge is 0.244 e. The summed E-state index contributed by atoms with van der Waals surface area (Å²) in [5.74, 6) is -0.549. The lowest BCUT2D eigenvalue weighted by Crippen LogP contribution is -2.37. The molecule has 2 amide bonds. The zero-order chi connectivity index (χ0) is 21.1. The summed E-state index contributed by atoms with van der Waals surface area (Å²) < 4.78 is 1.47. The van der Waals surface area contributed by atoms with E-state index in [1.165, 1.54) is 15.8 Å². The van der Waals surface area contributed by atoms with Gasteiger partial charge in [0.15, 0.2) is 0 Å².